The van der Waals surface area contributed by atoms with E-state index in [1.54, 1.807) is 24.3 Å². The molecule has 7 heteroatoms. The summed E-state index contributed by atoms with van der Waals surface area (Å²) in [7, 11) is 0. The maximum absolute atomic E-state index is 12.5. The molecule has 2 atom stereocenters. The summed E-state index contributed by atoms with van der Waals surface area (Å²) in [5.74, 6) is -0.404. The summed E-state index contributed by atoms with van der Waals surface area (Å²) in [5.41, 5.74) is 2.34. The van der Waals surface area contributed by atoms with E-state index >= 15 is 0 Å². The van der Waals surface area contributed by atoms with Gasteiger partial charge in [-0.25, -0.2) is 0 Å². The predicted octanol–water partition coefficient (Wildman–Crippen LogP) is 1.19. The Balaban J connectivity index is 1.86. The third-order valence-electron chi connectivity index (χ3n) is 4.65. The standard InChI is InChI=1S/C22H28N4O3/c1-4-26(16(2)22(29)23-14-18-8-6-5-7-9-18)15-21(28)25-20-12-10-19(11-13-20)24-17(3)27/h5-13,16H,4,14-15H2,1-3H3,(H,23,29)(H,24,27)(H,25,28)/p+1/t16-/m1/s1. The highest BCUT2D eigenvalue weighted by Gasteiger charge is 2.25. The third-order valence-corrected chi connectivity index (χ3v) is 4.65. The molecule has 0 aliphatic carbocycles. The minimum atomic E-state index is -0.350. The maximum atomic E-state index is 12.5. The van der Waals surface area contributed by atoms with Gasteiger partial charge in [0.25, 0.3) is 11.8 Å². The van der Waals surface area contributed by atoms with Crippen LogP contribution in [0.1, 0.15) is 26.3 Å². The van der Waals surface area contributed by atoms with Crippen LogP contribution < -0.4 is 20.9 Å². The fraction of sp³-hybridized carbons (Fsp3) is 0.318. The number of hydrogen-bond donors (Lipinski definition) is 4. The van der Waals surface area contributed by atoms with E-state index in [1.807, 2.05) is 44.2 Å². The van der Waals surface area contributed by atoms with Gasteiger partial charge in [-0.1, -0.05) is 30.3 Å². The minimum absolute atomic E-state index is 0.0850. The lowest BCUT2D eigenvalue weighted by molar-refractivity contribution is -0.904. The van der Waals surface area contributed by atoms with E-state index in [0.717, 1.165) is 10.5 Å². The number of hydrogen-bond acceptors (Lipinski definition) is 3. The number of benzene rings is 2. The molecule has 0 bridgehead atoms. The number of nitrogens with one attached hydrogen (secondary N) is 4. The van der Waals surface area contributed by atoms with Crippen molar-refractivity contribution >= 4 is 29.1 Å². The molecule has 0 aromatic heterocycles. The largest absolute Gasteiger partial charge is 0.347 e. The molecule has 7 nitrogen and oxygen atoms in total. The minimum Gasteiger partial charge on any atom is -0.347 e. The summed E-state index contributed by atoms with van der Waals surface area (Å²) in [6, 6.07) is 16.3. The average Bonchev–Trinajstić information content (AvgIpc) is 2.71. The Labute approximate surface area is 171 Å². The zero-order valence-corrected chi connectivity index (χ0v) is 17.1. The number of amides is 3. The molecule has 0 saturated carbocycles. The van der Waals surface area contributed by atoms with E-state index in [2.05, 4.69) is 16.0 Å². The Bertz CT molecular complexity index is 822. The van der Waals surface area contributed by atoms with E-state index in [1.165, 1.54) is 6.92 Å². The number of likely N-dealkylation sites (N-methyl/N-ethyl adjacent to an activating group) is 1. The predicted molar refractivity (Wildman–Crippen MR) is 113 cm³/mol. The Morgan fingerprint density at radius 3 is 2.07 bits per heavy atom. The van der Waals surface area contributed by atoms with Crippen LogP contribution in [-0.4, -0.2) is 36.9 Å². The summed E-state index contributed by atoms with van der Waals surface area (Å²) in [6.07, 6.45) is 0. The summed E-state index contributed by atoms with van der Waals surface area (Å²) < 4.78 is 0. The van der Waals surface area contributed by atoms with Gasteiger partial charge in [-0.2, -0.15) is 0 Å². The molecule has 2 rings (SSSR count). The van der Waals surface area contributed by atoms with Gasteiger partial charge in [0.2, 0.25) is 5.91 Å². The lowest BCUT2D eigenvalue weighted by Crippen LogP contribution is -3.17. The van der Waals surface area contributed by atoms with Gasteiger partial charge in [0, 0.05) is 24.8 Å². The number of anilines is 2. The van der Waals surface area contributed by atoms with E-state index in [9.17, 15) is 14.4 Å². The lowest BCUT2D eigenvalue weighted by Gasteiger charge is -2.23. The molecule has 1 unspecified atom stereocenters. The quantitative estimate of drug-likeness (QED) is 0.512. The van der Waals surface area contributed by atoms with E-state index in [4.69, 9.17) is 0 Å². The second-order valence-electron chi connectivity index (χ2n) is 6.92. The highest BCUT2D eigenvalue weighted by atomic mass is 16.2. The van der Waals surface area contributed by atoms with Crippen LogP contribution in [0, 0.1) is 0 Å². The molecule has 0 radical (unpaired) electrons. The molecule has 0 spiro atoms. The number of quaternary nitrogens is 1. The number of rotatable bonds is 9. The molecule has 4 N–H and O–H groups in total. The van der Waals surface area contributed by atoms with Crippen molar-refractivity contribution in [2.75, 3.05) is 23.7 Å². The van der Waals surface area contributed by atoms with Crippen LogP contribution >= 0.6 is 0 Å². The Morgan fingerprint density at radius 2 is 1.52 bits per heavy atom. The van der Waals surface area contributed by atoms with Crippen LogP contribution in [0.5, 0.6) is 0 Å². The molecular formula is C22H29N4O3+. The first kappa shape index (κ1) is 22.1. The monoisotopic (exact) mass is 397 g/mol. The Hall–Kier alpha value is -3.19. The first-order valence-corrected chi connectivity index (χ1v) is 9.72. The van der Waals surface area contributed by atoms with E-state index in [0.29, 0.717) is 24.5 Å². The van der Waals surface area contributed by atoms with Crippen LogP contribution in [0.2, 0.25) is 0 Å². The van der Waals surface area contributed by atoms with Gasteiger partial charge in [0.15, 0.2) is 12.6 Å². The van der Waals surface area contributed by atoms with Crippen molar-refractivity contribution in [3.63, 3.8) is 0 Å². The highest BCUT2D eigenvalue weighted by Crippen LogP contribution is 2.13. The maximum Gasteiger partial charge on any atom is 0.279 e. The molecule has 29 heavy (non-hydrogen) atoms. The van der Waals surface area contributed by atoms with Crippen molar-refractivity contribution in [2.45, 2.75) is 33.4 Å². The van der Waals surface area contributed by atoms with Crippen molar-refractivity contribution in [3.8, 4) is 0 Å². The van der Waals surface area contributed by atoms with Crippen molar-refractivity contribution in [3.05, 3.63) is 60.2 Å². The Morgan fingerprint density at radius 1 is 0.931 bits per heavy atom. The normalized spacial score (nSPS) is 12.5. The van der Waals surface area contributed by atoms with Crippen molar-refractivity contribution in [1.82, 2.24) is 5.32 Å². The van der Waals surface area contributed by atoms with Gasteiger partial charge in [-0.05, 0) is 43.7 Å². The molecule has 0 fully saturated rings. The fourth-order valence-corrected chi connectivity index (χ4v) is 2.96. The summed E-state index contributed by atoms with van der Waals surface area (Å²) >= 11 is 0. The summed E-state index contributed by atoms with van der Waals surface area (Å²) in [5, 5.41) is 8.44. The van der Waals surface area contributed by atoms with Crippen molar-refractivity contribution < 1.29 is 19.3 Å². The van der Waals surface area contributed by atoms with Crippen LogP contribution in [0.25, 0.3) is 0 Å². The molecule has 0 aliphatic rings. The number of carbonyl (C=O) groups excluding carboxylic acids is 3. The zero-order valence-electron chi connectivity index (χ0n) is 17.1. The first-order chi connectivity index (χ1) is 13.9. The molecule has 2 aromatic carbocycles. The average molecular weight is 397 g/mol. The van der Waals surface area contributed by atoms with Gasteiger partial charge in [0.1, 0.15) is 0 Å². The van der Waals surface area contributed by atoms with Gasteiger partial charge in [-0.3, -0.25) is 14.4 Å². The van der Waals surface area contributed by atoms with Crippen molar-refractivity contribution in [2.24, 2.45) is 0 Å². The molecule has 0 saturated heterocycles. The van der Waals surface area contributed by atoms with E-state index < -0.39 is 0 Å². The highest BCUT2D eigenvalue weighted by molar-refractivity contribution is 5.93. The first-order valence-electron chi connectivity index (χ1n) is 9.72. The molecule has 0 aliphatic heterocycles. The summed E-state index contributed by atoms with van der Waals surface area (Å²) in [6.45, 7) is 6.52. The van der Waals surface area contributed by atoms with Crippen LogP contribution in [0.3, 0.4) is 0 Å². The van der Waals surface area contributed by atoms with E-state index in [-0.39, 0.29) is 30.3 Å². The molecule has 0 heterocycles. The van der Waals surface area contributed by atoms with Crippen LogP contribution in [0.15, 0.2) is 54.6 Å². The Kier molecular flexibility index (Phi) is 8.36. The SMILES string of the molecule is CC[NH+](CC(=O)Nc1ccc(NC(C)=O)cc1)[C@H](C)C(=O)NCc1ccccc1. The van der Waals surface area contributed by atoms with Crippen molar-refractivity contribution in [1.29, 1.82) is 0 Å². The molecule has 2 aromatic rings. The van der Waals surface area contributed by atoms with Gasteiger partial charge >= 0.3 is 0 Å². The van der Waals surface area contributed by atoms with Crippen LogP contribution in [0.4, 0.5) is 11.4 Å². The second kappa shape index (κ2) is 11.0. The second-order valence-corrected chi connectivity index (χ2v) is 6.92. The van der Waals surface area contributed by atoms with Gasteiger partial charge < -0.3 is 20.9 Å². The molecular weight excluding hydrogens is 368 g/mol. The summed E-state index contributed by atoms with van der Waals surface area (Å²) in [4.78, 5) is 36.8. The zero-order chi connectivity index (χ0) is 21.2. The number of carbonyl (C=O) groups is 3. The topological polar surface area (TPSA) is 91.7 Å². The lowest BCUT2D eigenvalue weighted by atomic mass is 10.2. The fourth-order valence-electron chi connectivity index (χ4n) is 2.96. The smallest absolute Gasteiger partial charge is 0.279 e. The van der Waals surface area contributed by atoms with Gasteiger partial charge in [-0.15, -0.1) is 0 Å². The molecule has 3 amide bonds. The van der Waals surface area contributed by atoms with Gasteiger partial charge in [0.05, 0.1) is 6.54 Å². The third kappa shape index (κ3) is 7.38. The molecule has 154 valence electrons. The van der Waals surface area contributed by atoms with Crippen LogP contribution in [-0.2, 0) is 20.9 Å².